The standard InChI is InChI=1S/C20H20ClN3O8/c1-3-4-2-5-13(25)16(28)9(19(24)31)18(30)20(5,32)17(29)7(4)14(26)8-6(3)11(22)10(21)12(23)15(8)27/h3-5,7,9,13,25,27,32H,2,22-23H2,1H3,(H2,24,31)/t3-,4+,5-,7?,9?,13+,20-/m0/s1. The van der Waals surface area contributed by atoms with Gasteiger partial charge in [-0.15, -0.1) is 0 Å². The number of ketones is 4. The first kappa shape index (κ1) is 22.2. The number of halogens is 1. The SMILES string of the molecule is C[C@@H]1c2c(N)c(Cl)c(N)c(O)c2C(=O)C2C(=O)[C@]3(O)C(=O)C(C(N)=O)C(=O)[C@H](O)[C@@H]3C[C@@H]21. The number of primary amides is 1. The number of aliphatic hydroxyl groups is 2. The van der Waals surface area contributed by atoms with Gasteiger partial charge in [-0.1, -0.05) is 18.5 Å². The number of Topliss-reactive ketones (excluding diaryl/α,β-unsaturated/α-hetero) is 4. The van der Waals surface area contributed by atoms with E-state index in [2.05, 4.69) is 0 Å². The summed E-state index contributed by atoms with van der Waals surface area (Å²) in [7, 11) is 0. The summed E-state index contributed by atoms with van der Waals surface area (Å²) >= 11 is 6.08. The van der Waals surface area contributed by atoms with Crippen LogP contribution in [0.1, 0.15) is 35.2 Å². The molecule has 1 amide bonds. The van der Waals surface area contributed by atoms with E-state index >= 15 is 0 Å². The fraction of sp³-hybridized carbons (Fsp3) is 0.450. The van der Waals surface area contributed by atoms with Crippen LogP contribution in [0.25, 0.3) is 0 Å². The number of aliphatic hydroxyl groups excluding tert-OH is 1. The first-order valence-corrected chi connectivity index (χ1v) is 10.1. The molecule has 12 heteroatoms. The monoisotopic (exact) mass is 465 g/mol. The molecule has 1 aromatic rings. The molecular weight excluding hydrogens is 446 g/mol. The van der Waals surface area contributed by atoms with Gasteiger partial charge >= 0.3 is 0 Å². The van der Waals surface area contributed by atoms with Crippen LogP contribution in [0.5, 0.6) is 5.75 Å². The molecule has 0 saturated heterocycles. The van der Waals surface area contributed by atoms with Crippen molar-refractivity contribution < 1.29 is 39.3 Å². The van der Waals surface area contributed by atoms with Gasteiger partial charge in [0.25, 0.3) is 0 Å². The minimum atomic E-state index is -2.99. The number of nitrogens with two attached hydrogens (primary N) is 3. The highest BCUT2D eigenvalue weighted by Gasteiger charge is 2.69. The Labute approximate surface area is 185 Å². The molecule has 0 aliphatic heterocycles. The zero-order valence-corrected chi connectivity index (χ0v) is 17.4. The van der Waals surface area contributed by atoms with Gasteiger partial charge in [0.15, 0.2) is 40.4 Å². The van der Waals surface area contributed by atoms with Gasteiger partial charge in [-0.25, -0.2) is 0 Å². The van der Waals surface area contributed by atoms with Crippen LogP contribution in [0.15, 0.2) is 0 Å². The van der Waals surface area contributed by atoms with Gasteiger partial charge in [0.2, 0.25) is 5.91 Å². The van der Waals surface area contributed by atoms with Crippen molar-refractivity contribution in [3.8, 4) is 5.75 Å². The molecule has 3 aliphatic carbocycles. The Morgan fingerprint density at radius 1 is 1.12 bits per heavy atom. The lowest BCUT2D eigenvalue weighted by Crippen LogP contribution is -2.72. The van der Waals surface area contributed by atoms with Crippen LogP contribution in [0.3, 0.4) is 0 Å². The fourth-order valence-corrected chi connectivity index (χ4v) is 5.72. The Balaban J connectivity index is 1.93. The summed E-state index contributed by atoms with van der Waals surface area (Å²) in [5.41, 5.74) is 13.2. The van der Waals surface area contributed by atoms with Crippen molar-refractivity contribution in [1.29, 1.82) is 0 Å². The predicted molar refractivity (Wildman–Crippen MR) is 108 cm³/mol. The van der Waals surface area contributed by atoms with Crippen LogP contribution in [-0.4, -0.2) is 56.1 Å². The Morgan fingerprint density at radius 2 is 1.72 bits per heavy atom. The smallest absolute Gasteiger partial charge is 0.235 e. The molecule has 11 nitrogen and oxygen atoms in total. The number of aromatic hydroxyl groups is 1. The second kappa shape index (κ2) is 6.74. The Bertz CT molecular complexity index is 1150. The van der Waals surface area contributed by atoms with E-state index in [4.69, 9.17) is 28.8 Å². The minimum Gasteiger partial charge on any atom is -0.505 e. The number of hydrogen-bond acceptors (Lipinski definition) is 10. The number of phenolic OH excluding ortho intramolecular Hbond substituents is 1. The maximum atomic E-state index is 13.4. The van der Waals surface area contributed by atoms with Crippen molar-refractivity contribution >= 4 is 52.0 Å². The first-order chi connectivity index (χ1) is 14.8. The molecule has 2 fully saturated rings. The molecule has 3 aliphatic rings. The molecule has 0 radical (unpaired) electrons. The first-order valence-electron chi connectivity index (χ1n) is 9.73. The Kier molecular flexibility index (Phi) is 4.67. The van der Waals surface area contributed by atoms with E-state index in [9.17, 15) is 39.3 Å². The molecule has 9 N–H and O–H groups in total. The predicted octanol–water partition coefficient (Wildman–Crippen LogP) is -1.32. The second-order valence-electron chi connectivity index (χ2n) is 8.59. The van der Waals surface area contributed by atoms with Crippen molar-refractivity contribution in [1.82, 2.24) is 0 Å². The van der Waals surface area contributed by atoms with Gasteiger partial charge in [-0.3, -0.25) is 24.0 Å². The molecule has 2 saturated carbocycles. The molecular formula is C20H20ClN3O8. The Hall–Kier alpha value is -3.02. The highest BCUT2D eigenvalue weighted by molar-refractivity contribution is 6.37. The number of hydrogen-bond donors (Lipinski definition) is 6. The van der Waals surface area contributed by atoms with Gasteiger partial charge in [-0.05, 0) is 23.8 Å². The molecule has 7 atom stereocenters. The molecule has 4 rings (SSSR count). The van der Waals surface area contributed by atoms with Gasteiger partial charge in [0.1, 0.15) is 6.10 Å². The maximum absolute atomic E-state index is 13.4. The van der Waals surface area contributed by atoms with Crippen molar-refractivity contribution in [3.63, 3.8) is 0 Å². The highest BCUT2D eigenvalue weighted by atomic mass is 35.5. The summed E-state index contributed by atoms with van der Waals surface area (Å²) in [6, 6.07) is 0. The zero-order valence-electron chi connectivity index (χ0n) is 16.7. The number of rotatable bonds is 1. The maximum Gasteiger partial charge on any atom is 0.235 e. The average molecular weight is 466 g/mol. The van der Waals surface area contributed by atoms with Crippen molar-refractivity contribution in [3.05, 3.63) is 16.1 Å². The molecule has 32 heavy (non-hydrogen) atoms. The van der Waals surface area contributed by atoms with Crippen LogP contribution in [-0.2, 0) is 19.2 Å². The van der Waals surface area contributed by atoms with Crippen molar-refractivity contribution in [2.24, 2.45) is 29.4 Å². The quantitative estimate of drug-likeness (QED) is 0.124. The topological polar surface area (TPSA) is 224 Å². The average Bonchev–Trinajstić information content (AvgIpc) is 2.73. The number of carbonyl (C=O) groups excluding carboxylic acids is 5. The van der Waals surface area contributed by atoms with E-state index in [0.29, 0.717) is 0 Å². The van der Waals surface area contributed by atoms with E-state index < -0.39 is 76.1 Å². The number of phenols is 1. The summed E-state index contributed by atoms with van der Waals surface area (Å²) < 4.78 is 0. The zero-order chi connectivity index (χ0) is 24.0. The van der Waals surface area contributed by atoms with E-state index in [1.165, 1.54) is 0 Å². The Morgan fingerprint density at radius 3 is 2.28 bits per heavy atom. The van der Waals surface area contributed by atoms with Crippen LogP contribution in [0.4, 0.5) is 11.4 Å². The molecule has 0 heterocycles. The van der Waals surface area contributed by atoms with E-state index in [-0.39, 0.29) is 33.9 Å². The van der Waals surface area contributed by atoms with Gasteiger partial charge in [0, 0.05) is 5.92 Å². The molecule has 1 aromatic carbocycles. The van der Waals surface area contributed by atoms with E-state index in [0.717, 1.165) is 0 Å². The lowest BCUT2D eigenvalue weighted by Gasteiger charge is -2.51. The summed E-state index contributed by atoms with van der Waals surface area (Å²) in [5, 5.41) is 32.0. The molecule has 0 aromatic heterocycles. The molecule has 170 valence electrons. The van der Waals surface area contributed by atoms with Crippen molar-refractivity contribution in [2.45, 2.75) is 31.0 Å². The summed E-state index contributed by atoms with van der Waals surface area (Å²) in [5.74, 6) is -14.1. The van der Waals surface area contributed by atoms with Crippen LogP contribution < -0.4 is 17.2 Å². The van der Waals surface area contributed by atoms with Crippen molar-refractivity contribution in [2.75, 3.05) is 11.5 Å². The van der Waals surface area contributed by atoms with Gasteiger partial charge in [-0.2, -0.15) is 0 Å². The third kappa shape index (κ3) is 2.41. The van der Waals surface area contributed by atoms with E-state index in [1.807, 2.05) is 0 Å². The second-order valence-corrected chi connectivity index (χ2v) is 8.97. The van der Waals surface area contributed by atoms with Crippen LogP contribution in [0, 0.1) is 23.7 Å². The largest absolute Gasteiger partial charge is 0.505 e. The van der Waals surface area contributed by atoms with E-state index in [1.54, 1.807) is 6.92 Å². The molecule has 0 bridgehead atoms. The number of carbonyl (C=O) groups is 5. The number of fused-ring (bicyclic) bond motifs is 3. The summed E-state index contributed by atoms with van der Waals surface area (Å²) in [6.45, 7) is 1.59. The highest BCUT2D eigenvalue weighted by Crippen LogP contribution is 2.56. The van der Waals surface area contributed by atoms with Crippen LogP contribution >= 0.6 is 11.6 Å². The number of benzene rings is 1. The van der Waals surface area contributed by atoms with Crippen LogP contribution in [0.2, 0.25) is 5.02 Å². The lowest BCUT2D eigenvalue weighted by molar-refractivity contribution is -0.186. The number of amides is 1. The van der Waals surface area contributed by atoms with Gasteiger partial charge < -0.3 is 32.5 Å². The molecule has 0 spiro atoms. The minimum absolute atomic E-state index is 0.0744. The summed E-state index contributed by atoms with van der Waals surface area (Å²) in [6.07, 6.45) is -2.34. The van der Waals surface area contributed by atoms with Gasteiger partial charge in [0.05, 0.1) is 27.9 Å². The normalized spacial score (nSPS) is 36.4. The third-order valence-corrected chi connectivity index (χ3v) is 7.59. The third-order valence-electron chi connectivity index (χ3n) is 7.18. The number of anilines is 2. The molecule has 2 unspecified atom stereocenters. The fourth-order valence-electron chi connectivity index (χ4n) is 5.53. The summed E-state index contributed by atoms with van der Waals surface area (Å²) in [4.78, 5) is 63.8. The number of nitrogen functional groups attached to an aromatic ring is 2. The lowest BCUT2D eigenvalue weighted by atomic mass is 9.51.